The molecule has 0 amide bonds. The summed E-state index contributed by atoms with van der Waals surface area (Å²) in [5, 5.41) is 9.24. The van der Waals surface area contributed by atoms with Gasteiger partial charge in [0, 0.05) is 17.6 Å². The Hall–Kier alpha value is -2.78. The third-order valence-electron chi connectivity index (χ3n) is 5.20. The van der Waals surface area contributed by atoms with E-state index in [1.165, 1.54) is 10.2 Å². The van der Waals surface area contributed by atoms with E-state index in [9.17, 15) is 8.42 Å². The van der Waals surface area contributed by atoms with Crippen LogP contribution in [-0.2, 0) is 10.0 Å². The first kappa shape index (κ1) is 16.4. The zero-order chi connectivity index (χ0) is 18.6. The number of rotatable bonds is 3. The molecule has 3 heterocycles. The van der Waals surface area contributed by atoms with Crippen LogP contribution in [0, 0.1) is 0 Å². The van der Waals surface area contributed by atoms with E-state index in [4.69, 9.17) is 5.73 Å². The summed E-state index contributed by atoms with van der Waals surface area (Å²) in [6.07, 6.45) is 5.84. The highest BCUT2D eigenvalue weighted by atomic mass is 32.2. The van der Waals surface area contributed by atoms with E-state index in [0.717, 1.165) is 30.2 Å². The average molecular weight is 382 g/mol. The Bertz CT molecular complexity index is 1250. The topological polar surface area (TPSA) is 109 Å². The van der Waals surface area contributed by atoms with Gasteiger partial charge in [-0.15, -0.1) is 5.10 Å². The van der Waals surface area contributed by atoms with Crippen LogP contribution < -0.4 is 5.73 Å². The number of nitrogens with two attached hydrogens (primary N) is 1. The molecule has 1 aliphatic rings. The van der Waals surface area contributed by atoms with Crippen molar-refractivity contribution < 1.29 is 8.42 Å². The van der Waals surface area contributed by atoms with Crippen LogP contribution in [0.4, 0.5) is 0 Å². The Morgan fingerprint density at radius 1 is 1.11 bits per heavy atom. The van der Waals surface area contributed by atoms with Crippen molar-refractivity contribution in [2.45, 2.75) is 36.2 Å². The molecule has 0 unspecified atom stereocenters. The van der Waals surface area contributed by atoms with Gasteiger partial charge < -0.3 is 5.73 Å². The predicted octanol–water partition coefficient (Wildman–Crippen LogP) is 2.07. The molecule has 1 saturated carbocycles. The van der Waals surface area contributed by atoms with Gasteiger partial charge in [-0.05, 0) is 37.5 Å². The number of fused-ring (bicyclic) bond motifs is 3. The van der Waals surface area contributed by atoms with E-state index < -0.39 is 10.0 Å². The van der Waals surface area contributed by atoms with E-state index in [1.807, 2.05) is 4.68 Å². The van der Waals surface area contributed by atoms with Crippen LogP contribution in [-0.4, -0.2) is 38.4 Å². The van der Waals surface area contributed by atoms with Crippen LogP contribution >= 0.6 is 0 Å². The summed E-state index contributed by atoms with van der Waals surface area (Å²) in [5.41, 5.74) is 7.89. The SMILES string of the molecule is N[C@H]1CC[C@H](n2nnc3cnc4c(ccn4S(=O)(=O)c4ccccc4)c32)C1. The van der Waals surface area contributed by atoms with Crippen molar-refractivity contribution in [3.8, 4) is 0 Å². The molecule has 0 bridgehead atoms. The van der Waals surface area contributed by atoms with Gasteiger partial charge in [0.25, 0.3) is 10.0 Å². The van der Waals surface area contributed by atoms with Crippen LogP contribution in [0.2, 0.25) is 0 Å². The van der Waals surface area contributed by atoms with Gasteiger partial charge in [0.2, 0.25) is 0 Å². The largest absolute Gasteiger partial charge is 0.328 e. The Morgan fingerprint density at radius 2 is 1.93 bits per heavy atom. The van der Waals surface area contributed by atoms with Gasteiger partial charge in [-0.2, -0.15) is 0 Å². The van der Waals surface area contributed by atoms with E-state index in [0.29, 0.717) is 11.2 Å². The van der Waals surface area contributed by atoms with Gasteiger partial charge in [0.15, 0.2) is 5.65 Å². The Morgan fingerprint density at radius 3 is 2.67 bits per heavy atom. The van der Waals surface area contributed by atoms with E-state index >= 15 is 0 Å². The fourth-order valence-electron chi connectivity index (χ4n) is 3.86. The molecule has 0 spiro atoms. The summed E-state index contributed by atoms with van der Waals surface area (Å²) in [5.74, 6) is 0. The zero-order valence-electron chi connectivity index (χ0n) is 14.4. The maximum Gasteiger partial charge on any atom is 0.269 e. The average Bonchev–Trinajstić information content (AvgIpc) is 3.38. The molecule has 1 aliphatic carbocycles. The molecule has 3 aromatic heterocycles. The second kappa shape index (κ2) is 5.86. The van der Waals surface area contributed by atoms with E-state index in [1.54, 1.807) is 42.6 Å². The molecule has 27 heavy (non-hydrogen) atoms. The molecule has 2 N–H and O–H groups in total. The minimum atomic E-state index is -3.73. The van der Waals surface area contributed by atoms with Gasteiger partial charge >= 0.3 is 0 Å². The maximum absolute atomic E-state index is 13.0. The fourth-order valence-corrected chi connectivity index (χ4v) is 5.19. The summed E-state index contributed by atoms with van der Waals surface area (Å²) < 4.78 is 29.2. The highest BCUT2D eigenvalue weighted by Crippen LogP contribution is 2.33. The smallest absolute Gasteiger partial charge is 0.269 e. The van der Waals surface area contributed by atoms with Crippen molar-refractivity contribution in [2.24, 2.45) is 5.73 Å². The minimum Gasteiger partial charge on any atom is -0.328 e. The molecule has 1 fully saturated rings. The van der Waals surface area contributed by atoms with Crippen LogP contribution in [0.3, 0.4) is 0 Å². The lowest BCUT2D eigenvalue weighted by Crippen LogP contribution is -2.16. The van der Waals surface area contributed by atoms with Crippen LogP contribution in [0.5, 0.6) is 0 Å². The maximum atomic E-state index is 13.0. The van der Waals surface area contributed by atoms with Gasteiger partial charge in [0.05, 0.1) is 17.1 Å². The first-order valence-electron chi connectivity index (χ1n) is 8.83. The Labute approximate surface area is 155 Å². The molecule has 4 aromatic rings. The van der Waals surface area contributed by atoms with Gasteiger partial charge in [-0.25, -0.2) is 22.1 Å². The lowest BCUT2D eigenvalue weighted by atomic mass is 10.2. The third kappa shape index (κ3) is 2.46. The Balaban J connectivity index is 1.72. The van der Waals surface area contributed by atoms with Crippen molar-refractivity contribution in [2.75, 3.05) is 0 Å². The Kier molecular flexibility index (Phi) is 3.56. The summed E-state index contributed by atoms with van der Waals surface area (Å²) in [4.78, 5) is 4.58. The minimum absolute atomic E-state index is 0.162. The molecular weight excluding hydrogens is 364 g/mol. The fraction of sp³-hybridized carbons (Fsp3) is 0.278. The predicted molar refractivity (Wildman–Crippen MR) is 101 cm³/mol. The molecule has 5 rings (SSSR count). The number of aromatic nitrogens is 5. The summed E-state index contributed by atoms with van der Waals surface area (Å²) in [6, 6.07) is 10.4. The highest BCUT2D eigenvalue weighted by Gasteiger charge is 2.27. The lowest BCUT2D eigenvalue weighted by Gasteiger charge is -2.11. The number of hydrogen-bond donors (Lipinski definition) is 1. The molecule has 138 valence electrons. The van der Waals surface area contributed by atoms with Crippen LogP contribution in [0.1, 0.15) is 25.3 Å². The van der Waals surface area contributed by atoms with Crippen LogP contribution in [0.15, 0.2) is 53.7 Å². The van der Waals surface area contributed by atoms with E-state index in [2.05, 4.69) is 15.3 Å². The molecule has 0 aliphatic heterocycles. The van der Waals surface area contributed by atoms with Crippen molar-refractivity contribution >= 4 is 32.1 Å². The van der Waals surface area contributed by atoms with Crippen LogP contribution in [0.25, 0.3) is 22.1 Å². The van der Waals surface area contributed by atoms with Gasteiger partial charge in [-0.1, -0.05) is 23.4 Å². The third-order valence-corrected chi connectivity index (χ3v) is 6.88. The quantitative estimate of drug-likeness (QED) is 0.581. The van der Waals surface area contributed by atoms with Crippen molar-refractivity contribution in [3.05, 3.63) is 48.8 Å². The second-order valence-electron chi connectivity index (χ2n) is 6.92. The van der Waals surface area contributed by atoms with Gasteiger partial charge in [0.1, 0.15) is 11.0 Å². The number of pyridine rings is 1. The molecule has 2 atom stereocenters. The number of nitrogens with zero attached hydrogens (tertiary/aromatic N) is 5. The molecule has 1 aromatic carbocycles. The lowest BCUT2D eigenvalue weighted by molar-refractivity contribution is 0.462. The summed E-state index contributed by atoms with van der Waals surface area (Å²) in [7, 11) is -3.73. The number of benzene rings is 1. The molecule has 0 saturated heterocycles. The van der Waals surface area contributed by atoms with Gasteiger partial charge in [-0.3, -0.25) is 0 Å². The van der Waals surface area contributed by atoms with Crippen molar-refractivity contribution in [3.63, 3.8) is 0 Å². The van der Waals surface area contributed by atoms with Crippen molar-refractivity contribution in [1.82, 2.24) is 24.0 Å². The zero-order valence-corrected chi connectivity index (χ0v) is 15.2. The second-order valence-corrected chi connectivity index (χ2v) is 8.73. The first-order chi connectivity index (χ1) is 13.1. The molecular formula is C18H18N6O2S. The highest BCUT2D eigenvalue weighted by molar-refractivity contribution is 7.90. The molecule has 0 radical (unpaired) electrons. The first-order valence-corrected chi connectivity index (χ1v) is 10.3. The monoisotopic (exact) mass is 382 g/mol. The molecule has 9 heteroatoms. The standard InChI is InChI=1S/C18H18N6O2S/c19-12-6-7-13(10-12)24-17-15-8-9-23(18(15)20-11-16(17)21-22-24)27(25,26)14-4-2-1-3-5-14/h1-5,8-9,11-13H,6-7,10,19H2/t12-,13-/m0/s1. The summed E-state index contributed by atoms with van der Waals surface area (Å²) >= 11 is 0. The molecule has 8 nitrogen and oxygen atoms in total. The normalized spacial score (nSPS) is 20.6. The number of hydrogen-bond acceptors (Lipinski definition) is 6. The van der Waals surface area contributed by atoms with E-state index in [-0.39, 0.29) is 17.0 Å². The van der Waals surface area contributed by atoms with Crippen molar-refractivity contribution in [1.29, 1.82) is 0 Å². The summed E-state index contributed by atoms with van der Waals surface area (Å²) in [6.45, 7) is 0.